The third-order valence-electron chi connectivity index (χ3n) is 0.164. The van der Waals surface area contributed by atoms with Crippen molar-refractivity contribution in [2.75, 3.05) is 6.61 Å². The van der Waals surface area contributed by atoms with E-state index < -0.39 is 20.8 Å². The van der Waals surface area contributed by atoms with Crippen molar-refractivity contribution in [3.05, 3.63) is 0 Å². The summed E-state index contributed by atoms with van der Waals surface area (Å²) < 4.78 is 36.9. The van der Waals surface area contributed by atoms with Gasteiger partial charge in [-0.15, -0.1) is 0 Å². The minimum atomic E-state index is -4.11. The second-order valence-corrected chi connectivity index (χ2v) is 0.760. The average molecular weight is 113 g/mol. The number of hydrogen-bond acceptors (Lipinski definition) is 1. The normalized spacial score (nSPS) is 12.0. The van der Waals surface area contributed by atoms with Crippen LogP contribution in [-0.2, 0) is 4.65 Å². The molecule has 5 heteroatoms. The molecule has 0 heterocycles. The minimum absolute atomic E-state index is 0.536. The molecule has 0 bridgehead atoms. The molecule has 0 rings (SSSR count). The highest BCUT2D eigenvalue weighted by atomic mass is 19.4. The fourth-order valence-corrected chi connectivity index (χ4v) is 0. The van der Waals surface area contributed by atoms with Gasteiger partial charge in [-0.3, -0.25) is 0 Å². The Morgan fingerprint density at radius 3 is 1.86 bits per heavy atom. The van der Waals surface area contributed by atoms with Gasteiger partial charge >= 0.3 is 6.18 Å². The maximum absolute atomic E-state index is 11.0. The average Bonchev–Trinajstić information content (AvgIpc) is 1.30. The van der Waals surface area contributed by atoms with Gasteiger partial charge in [-0.05, 0) is 0 Å². The van der Waals surface area contributed by atoms with Crippen molar-refractivity contribution < 1.29 is 17.8 Å². The maximum atomic E-state index is 11.0. The molecule has 0 atom stereocenters. The van der Waals surface area contributed by atoms with Crippen LogP contribution < -0.4 is 0 Å². The summed E-state index contributed by atoms with van der Waals surface area (Å²) in [7, 11) is -0.536. The Balaban J connectivity index is 3.15. The van der Waals surface area contributed by atoms with Crippen LogP contribution in [0.1, 0.15) is 0 Å². The molecule has 0 aliphatic rings. The lowest BCUT2D eigenvalue weighted by Gasteiger charge is -2.05. The summed E-state index contributed by atoms with van der Waals surface area (Å²) in [5.41, 5.74) is 0. The van der Waals surface area contributed by atoms with Crippen LogP contribution in [0, 0.1) is 0 Å². The second-order valence-electron chi connectivity index (χ2n) is 0.760. The van der Waals surface area contributed by atoms with E-state index in [1.807, 2.05) is 0 Å². The topological polar surface area (TPSA) is 9.23 Å². The van der Waals surface area contributed by atoms with Crippen molar-refractivity contribution in [3.8, 4) is 0 Å². The van der Waals surface area contributed by atoms with Crippen LogP contribution in [0.25, 0.3) is 0 Å². The number of halogens is 3. The van der Waals surface area contributed by atoms with Gasteiger partial charge in [0.05, 0.1) is 14.7 Å². The lowest BCUT2D eigenvalue weighted by molar-refractivity contribution is -0.152. The van der Waals surface area contributed by atoms with Crippen molar-refractivity contribution >= 4 is 8.05 Å². The summed E-state index contributed by atoms with van der Waals surface area (Å²) in [4.78, 5) is 0. The van der Waals surface area contributed by atoms with E-state index in [4.69, 9.17) is 0 Å². The van der Waals surface area contributed by atoms with E-state index in [0.717, 1.165) is 0 Å². The predicted octanol–water partition coefficient (Wildman–Crippen LogP) is -0.154. The van der Waals surface area contributed by atoms with Gasteiger partial charge in [0, 0.05) is 0 Å². The number of rotatable bonds is 1. The quantitative estimate of drug-likeness (QED) is 0.429. The molecule has 0 unspecified atom stereocenters. The van der Waals surface area contributed by atoms with Crippen LogP contribution in [0.3, 0.4) is 0 Å². The first kappa shape index (κ1) is 6.81. The van der Waals surface area contributed by atoms with E-state index in [0.29, 0.717) is 0 Å². The van der Waals surface area contributed by atoms with Crippen LogP contribution in [-0.4, -0.2) is 20.8 Å². The smallest absolute Gasteiger partial charge is 0.407 e. The summed E-state index contributed by atoms with van der Waals surface area (Å²) in [5, 5.41) is 0. The molecule has 1 nitrogen and oxygen atoms in total. The van der Waals surface area contributed by atoms with Gasteiger partial charge in [-0.25, -0.2) is 0 Å². The van der Waals surface area contributed by atoms with Crippen molar-refractivity contribution in [2.24, 2.45) is 0 Å². The van der Waals surface area contributed by atoms with Crippen LogP contribution in [0.4, 0.5) is 13.2 Å². The van der Waals surface area contributed by atoms with Gasteiger partial charge in [-0.1, -0.05) is 0 Å². The van der Waals surface area contributed by atoms with Crippen LogP contribution >= 0.6 is 0 Å². The highest BCUT2D eigenvalue weighted by Crippen LogP contribution is 2.13. The van der Waals surface area contributed by atoms with E-state index in [9.17, 15) is 13.2 Å². The molecule has 0 N–H and O–H groups in total. The second kappa shape index (κ2) is 2.21. The third kappa shape index (κ3) is 5.81. The zero-order valence-corrected chi connectivity index (χ0v) is 2.75. The van der Waals surface area contributed by atoms with Gasteiger partial charge in [-0.2, -0.15) is 13.2 Å². The van der Waals surface area contributed by atoms with Crippen LogP contribution in [0.2, 0.25) is 0 Å². The summed E-state index contributed by atoms with van der Waals surface area (Å²) in [6.45, 7) is -1.05. The Kier molecular flexibility index (Phi) is 2.15. The van der Waals surface area contributed by atoms with Crippen molar-refractivity contribution in [1.82, 2.24) is 0 Å². The van der Waals surface area contributed by atoms with Gasteiger partial charge in [0.25, 0.3) is 0 Å². The number of alkyl halides is 3. The van der Waals surface area contributed by atoms with Crippen LogP contribution in [0.5, 0.6) is 0 Å². The molecule has 0 fully saturated rings. The third-order valence-corrected chi connectivity index (χ3v) is 0.164. The van der Waals surface area contributed by atoms with E-state index >= 15 is 0 Å². The molecule has 0 saturated heterocycles. The lowest BCUT2D eigenvalue weighted by atomic mass is 10.5. The minimum Gasteiger partial charge on any atom is -0.593 e. The van der Waals surface area contributed by atoms with Crippen molar-refractivity contribution in [1.29, 1.82) is 0 Å². The molecular weight excluding hydrogens is 108 g/mol. The maximum Gasteiger partial charge on any atom is 0.407 e. The van der Waals surface area contributed by atoms with Crippen LogP contribution in [0.15, 0.2) is 0 Å². The predicted molar refractivity (Wildman–Crippen MR) is 21.9 cm³/mol. The standard InChI is InChI=1S/C2H5BF3O/c3-7-1-2(4,5)6/h1H2,3H3/q-1. The Labute approximate surface area is 39.9 Å². The van der Waals surface area contributed by atoms with E-state index in [-0.39, 0.29) is 0 Å². The first-order valence-corrected chi connectivity index (χ1v) is 1.21. The lowest BCUT2D eigenvalue weighted by Crippen LogP contribution is -2.15. The van der Waals surface area contributed by atoms with E-state index in [1.54, 1.807) is 0 Å². The van der Waals surface area contributed by atoms with Crippen molar-refractivity contribution in [2.45, 2.75) is 6.18 Å². The highest BCUT2D eigenvalue weighted by molar-refractivity contribution is 5.97. The zero-order valence-electron chi connectivity index (χ0n) is 2.75. The largest absolute Gasteiger partial charge is 0.593 e. The summed E-state index contributed by atoms with van der Waals surface area (Å²) in [5.74, 6) is 0. The molecule has 0 radical (unpaired) electrons. The summed E-state index contributed by atoms with van der Waals surface area (Å²) in [6.07, 6.45) is -4.11. The molecule has 0 aliphatic carbocycles. The molecular formula is C2H5BF3O-. The fourth-order valence-electron chi connectivity index (χ4n) is 0. The molecule has 0 spiro atoms. The molecule has 0 aromatic heterocycles. The molecule has 0 aromatic rings. The van der Waals surface area contributed by atoms with E-state index in [1.165, 1.54) is 0 Å². The fraction of sp³-hybridized carbons (Fsp3) is 1.00. The van der Waals surface area contributed by atoms with Crippen molar-refractivity contribution in [3.63, 3.8) is 0 Å². The first-order valence-electron chi connectivity index (χ1n) is 1.21. The van der Waals surface area contributed by atoms with Gasteiger partial charge in [0.2, 0.25) is 0 Å². The Bertz CT molecular complexity index is 51.4. The van der Waals surface area contributed by atoms with Gasteiger partial charge in [0.1, 0.15) is 0 Å². The SMILES string of the molecule is [BH3-]OCC(F)(F)F. The Morgan fingerprint density at radius 2 is 1.86 bits per heavy atom. The molecule has 44 valence electrons. The van der Waals surface area contributed by atoms with Gasteiger partial charge in [0.15, 0.2) is 0 Å². The first-order chi connectivity index (χ1) is 3.06. The van der Waals surface area contributed by atoms with Gasteiger partial charge < -0.3 is 4.65 Å². The molecule has 0 aliphatic heterocycles. The molecule has 7 heavy (non-hydrogen) atoms. The number of hydrogen-bond donors (Lipinski definition) is 0. The summed E-state index contributed by atoms with van der Waals surface area (Å²) >= 11 is 0. The van der Waals surface area contributed by atoms with E-state index in [2.05, 4.69) is 4.65 Å². The monoisotopic (exact) mass is 113 g/mol. The Hall–Kier alpha value is -0.185. The molecule has 0 aromatic carbocycles. The zero-order chi connectivity index (χ0) is 5.91. The molecule has 0 saturated carbocycles. The summed E-state index contributed by atoms with van der Waals surface area (Å²) in [6, 6.07) is 0. The molecule has 0 amide bonds. The Morgan fingerprint density at radius 1 is 1.43 bits per heavy atom. The highest BCUT2D eigenvalue weighted by Gasteiger charge is 2.24.